The molecular weight excluding hydrogens is 448 g/mol. The Hall–Kier alpha value is -2.65. The van der Waals surface area contributed by atoms with E-state index in [1.54, 1.807) is 37.3 Å². The van der Waals surface area contributed by atoms with E-state index in [2.05, 4.69) is 5.32 Å². The standard InChI is InChI=1S/C26H40N4O5/c1-17-13-30(24(31)15-28(3)4)18(2)16-35-22-12-20(27-25(32)19-8-7-9-19)10-11-21(22)26(33)29(5)14-23(17)34-6/h10-12,17-19,23H,7-9,13-16H2,1-6H3,(H,27,32)/t17-,18+,23-/m0/s1. The molecule has 3 amide bonds. The minimum absolute atomic E-state index is 0.00134. The highest BCUT2D eigenvalue weighted by molar-refractivity contribution is 5.99. The van der Waals surface area contributed by atoms with Gasteiger partial charge in [-0.05, 0) is 46.0 Å². The third-order valence-electron chi connectivity index (χ3n) is 6.96. The Morgan fingerprint density at radius 3 is 2.51 bits per heavy atom. The van der Waals surface area contributed by atoms with Gasteiger partial charge in [-0.15, -0.1) is 0 Å². The summed E-state index contributed by atoms with van der Waals surface area (Å²) in [5.74, 6) is 0.276. The van der Waals surface area contributed by atoms with Gasteiger partial charge in [-0.2, -0.15) is 0 Å². The molecule has 0 bridgehead atoms. The Balaban J connectivity index is 1.91. The number of amides is 3. The van der Waals surface area contributed by atoms with Crippen molar-refractivity contribution in [3.63, 3.8) is 0 Å². The van der Waals surface area contributed by atoms with Gasteiger partial charge in [-0.1, -0.05) is 13.3 Å². The van der Waals surface area contributed by atoms with Crippen LogP contribution in [0.3, 0.4) is 0 Å². The molecule has 1 heterocycles. The summed E-state index contributed by atoms with van der Waals surface area (Å²) in [6.45, 7) is 5.35. The summed E-state index contributed by atoms with van der Waals surface area (Å²) >= 11 is 0. The van der Waals surface area contributed by atoms with Crippen molar-refractivity contribution < 1.29 is 23.9 Å². The van der Waals surface area contributed by atoms with Gasteiger partial charge < -0.3 is 29.5 Å². The number of carbonyl (C=O) groups excluding carboxylic acids is 3. The molecule has 0 radical (unpaired) electrons. The maximum Gasteiger partial charge on any atom is 0.257 e. The third-order valence-corrected chi connectivity index (χ3v) is 6.96. The van der Waals surface area contributed by atoms with Gasteiger partial charge in [0.25, 0.3) is 5.91 Å². The number of ether oxygens (including phenoxy) is 2. The molecule has 0 unspecified atom stereocenters. The number of benzene rings is 1. The Bertz CT molecular complexity index is 917. The van der Waals surface area contributed by atoms with Crippen LogP contribution in [0.1, 0.15) is 43.5 Å². The molecule has 0 aromatic heterocycles. The predicted octanol–water partition coefficient (Wildman–Crippen LogP) is 2.32. The van der Waals surface area contributed by atoms with Crippen LogP contribution in [0.4, 0.5) is 5.69 Å². The van der Waals surface area contributed by atoms with Crippen LogP contribution < -0.4 is 10.1 Å². The second-order valence-corrected chi connectivity index (χ2v) is 10.2. The number of nitrogens with one attached hydrogen (secondary N) is 1. The first-order valence-electron chi connectivity index (χ1n) is 12.4. The van der Waals surface area contributed by atoms with E-state index < -0.39 is 0 Å². The first-order chi connectivity index (χ1) is 16.6. The van der Waals surface area contributed by atoms with Gasteiger partial charge in [0.15, 0.2) is 0 Å². The minimum Gasteiger partial charge on any atom is -0.491 e. The van der Waals surface area contributed by atoms with Gasteiger partial charge in [-0.25, -0.2) is 0 Å². The van der Waals surface area contributed by atoms with E-state index in [1.165, 1.54) is 0 Å². The molecule has 1 saturated carbocycles. The molecule has 0 spiro atoms. The largest absolute Gasteiger partial charge is 0.491 e. The zero-order valence-corrected chi connectivity index (χ0v) is 21.9. The van der Waals surface area contributed by atoms with Crippen LogP contribution >= 0.6 is 0 Å². The van der Waals surface area contributed by atoms with Crippen LogP contribution in [-0.2, 0) is 14.3 Å². The third kappa shape index (κ3) is 6.73. The molecule has 35 heavy (non-hydrogen) atoms. The fourth-order valence-corrected chi connectivity index (χ4v) is 4.47. The van der Waals surface area contributed by atoms with Crippen LogP contribution in [0.5, 0.6) is 5.75 Å². The average Bonchev–Trinajstić information content (AvgIpc) is 2.76. The second kappa shape index (κ2) is 11.9. The maximum atomic E-state index is 13.3. The lowest BCUT2D eigenvalue weighted by atomic mass is 9.85. The van der Waals surface area contributed by atoms with E-state index in [4.69, 9.17) is 9.47 Å². The van der Waals surface area contributed by atoms with E-state index in [1.807, 2.05) is 37.7 Å². The van der Waals surface area contributed by atoms with Crippen molar-refractivity contribution in [2.75, 3.05) is 59.8 Å². The average molecular weight is 489 g/mol. The molecule has 1 aliphatic carbocycles. The monoisotopic (exact) mass is 488 g/mol. The SMILES string of the molecule is CO[C@H]1CN(C)C(=O)c2ccc(NC(=O)C3CCC3)cc2OC[C@@H](C)N(C(=O)CN(C)C)C[C@@H]1C. The molecule has 9 heteroatoms. The topological polar surface area (TPSA) is 91.4 Å². The van der Waals surface area contributed by atoms with Gasteiger partial charge in [-0.3, -0.25) is 14.4 Å². The van der Waals surface area contributed by atoms with E-state index in [-0.39, 0.29) is 48.3 Å². The number of hydrogen-bond acceptors (Lipinski definition) is 6. The van der Waals surface area contributed by atoms with Crippen molar-refractivity contribution in [1.82, 2.24) is 14.7 Å². The van der Waals surface area contributed by atoms with Gasteiger partial charge >= 0.3 is 0 Å². The number of rotatable bonds is 5. The van der Waals surface area contributed by atoms with Crippen LogP contribution in [-0.4, -0.2) is 99.1 Å². The van der Waals surface area contributed by atoms with E-state index >= 15 is 0 Å². The Morgan fingerprint density at radius 1 is 1.20 bits per heavy atom. The van der Waals surface area contributed by atoms with Crippen molar-refractivity contribution in [2.24, 2.45) is 11.8 Å². The molecule has 3 atom stereocenters. The molecule has 1 fully saturated rings. The van der Waals surface area contributed by atoms with Crippen molar-refractivity contribution in [3.8, 4) is 5.75 Å². The molecule has 3 rings (SSSR count). The molecule has 1 aromatic carbocycles. The molecule has 1 N–H and O–H groups in total. The van der Waals surface area contributed by atoms with Gasteiger partial charge in [0.05, 0.1) is 24.3 Å². The second-order valence-electron chi connectivity index (χ2n) is 10.2. The number of carbonyl (C=O) groups is 3. The lowest BCUT2D eigenvalue weighted by Gasteiger charge is -2.36. The highest BCUT2D eigenvalue weighted by atomic mass is 16.5. The maximum absolute atomic E-state index is 13.3. The van der Waals surface area contributed by atoms with E-state index in [0.717, 1.165) is 19.3 Å². The molecule has 9 nitrogen and oxygen atoms in total. The van der Waals surface area contributed by atoms with E-state index in [0.29, 0.717) is 36.6 Å². The summed E-state index contributed by atoms with van der Waals surface area (Å²) in [7, 11) is 7.11. The summed E-state index contributed by atoms with van der Waals surface area (Å²) in [5, 5.41) is 2.95. The number of methoxy groups -OCH3 is 1. The summed E-state index contributed by atoms with van der Waals surface area (Å²) < 4.78 is 11.9. The van der Waals surface area contributed by atoms with Gasteiger partial charge in [0, 0.05) is 50.8 Å². The van der Waals surface area contributed by atoms with Crippen LogP contribution in [0.25, 0.3) is 0 Å². The van der Waals surface area contributed by atoms with Gasteiger partial charge in [0.2, 0.25) is 11.8 Å². The lowest BCUT2D eigenvalue weighted by Crippen LogP contribution is -2.50. The van der Waals surface area contributed by atoms with Gasteiger partial charge in [0.1, 0.15) is 12.4 Å². The zero-order chi connectivity index (χ0) is 25.7. The number of anilines is 1. The quantitative estimate of drug-likeness (QED) is 0.684. The van der Waals surface area contributed by atoms with Crippen molar-refractivity contribution in [3.05, 3.63) is 23.8 Å². The first-order valence-corrected chi connectivity index (χ1v) is 12.4. The van der Waals surface area contributed by atoms with Crippen LogP contribution in [0.2, 0.25) is 0 Å². The van der Waals surface area contributed by atoms with Crippen LogP contribution in [0.15, 0.2) is 18.2 Å². The summed E-state index contributed by atoms with van der Waals surface area (Å²) in [6.07, 6.45) is 2.65. The molecular formula is C26H40N4O5. The molecule has 2 aliphatic rings. The van der Waals surface area contributed by atoms with Crippen molar-refractivity contribution in [2.45, 2.75) is 45.3 Å². The molecule has 194 valence electrons. The zero-order valence-electron chi connectivity index (χ0n) is 21.9. The molecule has 1 aromatic rings. The lowest BCUT2D eigenvalue weighted by molar-refractivity contribution is -0.136. The Kier molecular flexibility index (Phi) is 9.13. The highest BCUT2D eigenvalue weighted by Crippen LogP contribution is 2.30. The minimum atomic E-state index is -0.240. The molecule has 0 saturated heterocycles. The fourth-order valence-electron chi connectivity index (χ4n) is 4.47. The number of fused-ring (bicyclic) bond motifs is 1. The van der Waals surface area contributed by atoms with Crippen LogP contribution in [0, 0.1) is 11.8 Å². The number of hydrogen-bond donors (Lipinski definition) is 1. The predicted molar refractivity (Wildman–Crippen MR) is 135 cm³/mol. The summed E-state index contributed by atoms with van der Waals surface area (Å²) in [5.41, 5.74) is 1.01. The first kappa shape index (κ1) is 26.9. The Labute approximate surface area is 208 Å². The number of likely N-dealkylation sites (N-methyl/N-ethyl adjacent to an activating group) is 2. The van der Waals surface area contributed by atoms with Crippen molar-refractivity contribution >= 4 is 23.4 Å². The normalized spacial score (nSPS) is 24.1. The summed E-state index contributed by atoms with van der Waals surface area (Å²) in [6, 6.07) is 4.92. The van der Waals surface area contributed by atoms with Crippen molar-refractivity contribution in [1.29, 1.82) is 0 Å². The molecule has 1 aliphatic heterocycles. The highest BCUT2D eigenvalue weighted by Gasteiger charge is 2.31. The smallest absolute Gasteiger partial charge is 0.257 e. The number of nitrogens with zero attached hydrogens (tertiary/aromatic N) is 3. The Morgan fingerprint density at radius 2 is 1.91 bits per heavy atom. The summed E-state index contributed by atoms with van der Waals surface area (Å²) in [4.78, 5) is 44.2. The fraction of sp³-hybridized carbons (Fsp3) is 0.654. The van der Waals surface area contributed by atoms with E-state index in [9.17, 15) is 14.4 Å².